The van der Waals surface area contributed by atoms with Crippen molar-refractivity contribution in [3.63, 3.8) is 0 Å². The molecule has 1 aromatic carbocycles. The summed E-state index contributed by atoms with van der Waals surface area (Å²) in [5.41, 5.74) is 3.37. The standard InChI is InChI=1S/C18H19N5O/c1-12(16-11-21-23(3)13(16)2)22-18(24)15-9-19-17(20-10-15)14-7-5-4-6-8-14/h4-12H,1-3H3,(H,22,24)/t12-/m0/s1. The summed E-state index contributed by atoms with van der Waals surface area (Å²) in [4.78, 5) is 20.9. The second-order valence-electron chi connectivity index (χ2n) is 5.67. The number of amides is 1. The van der Waals surface area contributed by atoms with E-state index >= 15 is 0 Å². The van der Waals surface area contributed by atoms with Crippen LogP contribution in [0.5, 0.6) is 0 Å². The van der Waals surface area contributed by atoms with E-state index < -0.39 is 0 Å². The molecule has 0 saturated carbocycles. The molecular formula is C18H19N5O. The molecule has 3 rings (SSSR count). The lowest BCUT2D eigenvalue weighted by molar-refractivity contribution is 0.0939. The number of rotatable bonds is 4. The highest BCUT2D eigenvalue weighted by Gasteiger charge is 2.16. The van der Waals surface area contributed by atoms with Gasteiger partial charge in [0.2, 0.25) is 0 Å². The number of carbonyl (C=O) groups is 1. The van der Waals surface area contributed by atoms with Gasteiger partial charge in [-0.3, -0.25) is 9.48 Å². The highest BCUT2D eigenvalue weighted by molar-refractivity contribution is 5.94. The summed E-state index contributed by atoms with van der Waals surface area (Å²) in [7, 11) is 1.88. The van der Waals surface area contributed by atoms with Gasteiger partial charge in [-0.15, -0.1) is 0 Å². The fourth-order valence-corrected chi connectivity index (χ4v) is 2.48. The smallest absolute Gasteiger partial charge is 0.254 e. The second kappa shape index (κ2) is 6.62. The van der Waals surface area contributed by atoms with Gasteiger partial charge < -0.3 is 5.32 Å². The Morgan fingerprint density at radius 1 is 1.12 bits per heavy atom. The quantitative estimate of drug-likeness (QED) is 0.802. The minimum absolute atomic E-state index is 0.139. The molecule has 0 fully saturated rings. The molecule has 1 amide bonds. The zero-order valence-corrected chi connectivity index (χ0v) is 13.9. The zero-order valence-electron chi connectivity index (χ0n) is 13.9. The topological polar surface area (TPSA) is 72.7 Å². The van der Waals surface area contributed by atoms with Crippen molar-refractivity contribution in [3.8, 4) is 11.4 Å². The van der Waals surface area contributed by atoms with E-state index in [-0.39, 0.29) is 11.9 Å². The van der Waals surface area contributed by atoms with Crippen molar-refractivity contribution < 1.29 is 4.79 Å². The number of aryl methyl sites for hydroxylation is 1. The van der Waals surface area contributed by atoms with Crippen LogP contribution in [-0.2, 0) is 7.05 Å². The largest absolute Gasteiger partial charge is 0.345 e. The predicted octanol–water partition coefficient (Wildman–Crippen LogP) is 2.68. The van der Waals surface area contributed by atoms with Crippen molar-refractivity contribution in [2.75, 3.05) is 0 Å². The van der Waals surface area contributed by atoms with Gasteiger partial charge in [0.25, 0.3) is 5.91 Å². The molecule has 0 saturated heterocycles. The van der Waals surface area contributed by atoms with Crippen LogP contribution in [0.4, 0.5) is 0 Å². The molecule has 24 heavy (non-hydrogen) atoms. The van der Waals surface area contributed by atoms with Crippen molar-refractivity contribution in [1.29, 1.82) is 0 Å². The number of carbonyl (C=O) groups excluding carboxylic acids is 1. The third-order valence-electron chi connectivity index (χ3n) is 4.03. The molecule has 122 valence electrons. The van der Waals surface area contributed by atoms with E-state index in [0.717, 1.165) is 16.8 Å². The molecule has 2 aromatic heterocycles. The summed E-state index contributed by atoms with van der Waals surface area (Å²) in [5, 5.41) is 7.16. The summed E-state index contributed by atoms with van der Waals surface area (Å²) in [6.45, 7) is 3.91. The Balaban J connectivity index is 1.72. The van der Waals surface area contributed by atoms with Crippen LogP contribution in [0.1, 0.15) is 34.6 Å². The minimum atomic E-state index is -0.203. The van der Waals surface area contributed by atoms with Gasteiger partial charge in [0, 0.05) is 36.3 Å². The average molecular weight is 321 g/mol. The molecule has 0 unspecified atom stereocenters. The summed E-state index contributed by atoms with van der Waals surface area (Å²) in [5.74, 6) is 0.397. The summed E-state index contributed by atoms with van der Waals surface area (Å²) in [6.07, 6.45) is 4.87. The van der Waals surface area contributed by atoms with E-state index in [4.69, 9.17) is 0 Å². The van der Waals surface area contributed by atoms with Gasteiger partial charge in [0.05, 0.1) is 17.8 Å². The van der Waals surface area contributed by atoms with Crippen LogP contribution in [0, 0.1) is 6.92 Å². The zero-order chi connectivity index (χ0) is 17.1. The van der Waals surface area contributed by atoms with Crippen LogP contribution < -0.4 is 5.32 Å². The van der Waals surface area contributed by atoms with Crippen molar-refractivity contribution in [3.05, 3.63) is 65.7 Å². The lowest BCUT2D eigenvalue weighted by Gasteiger charge is -2.13. The molecule has 0 bridgehead atoms. The van der Waals surface area contributed by atoms with E-state index in [9.17, 15) is 4.79 Å². The fraction of sp³-hybridized carbons (Fsp3) is 0.222. The van der Waals surface area contributed by atoms with Gasteiger partial charge in [-0.1, -0.05) is 30.3 Å². The normalized spacial score (nSPS) is 12.0. The number of hydrogen-bond acceptors (Lipinski definition) is 4. The summed E-state index contributed by atoms with van der Waals surface area (Å²) < 4.78 is 1.79. The fourth-order valence-electron chi connectivity index (χ4n) is 2.48. The Morgan fingerprint density at radius 3 is 2.38 bits per heavy atom. The molecule has 1 N–H and O–H groups in total. The van der Waals surface area contributed by atoms with E-state index in [0.29, 0.717) is 11.4 Å². The monoisotopic (exact) mass is 321 g/mol. The maximum atomic E-state index is 12.4. The highest BCUT2D eigenvalue weighted by Crippen LogP contribution is 2.17. The summed E-state index contributed by atoms with van der Waals surface area (Å²) >= 11 is 0. The first-order valence-electron chi connectivity index (χ1n) is 7.73. The molecule has 0 aliphatic rings. The lowest BCUT2D eigenvalue weighted by Crippen LogP contribution is -2.27. The first kappa shape index (κ1) is 15.9. The Bertz CT molecular complexity index is 840. The highest BCUT2D eigenvalue weighted by atomic mass is 16.1. The molecular weight excluding hydrogens is 302 g/mol. The molecule has 6 heteroatoms. The SMILES string of the molecule is Cc1c([C@H](C)NC(=O)c2cnc(-c3ccccc3)nc2)cnn1C. The van der Waals surface area contributed by atoms with E-state index in [2.05, 4.69) is 20.4 Å². The third kappa shape index (κ3) is 3.17. The number of nitrogens with zero attached hydrogens (tertiary/aromatic N) is 4. The van der Waals surface area contributed by atoms with Gasteiger partial charge in [-0.05, 0) is 13.8 Å². The van der Waals surface area contributed by atoms with Crippen molar-refractivity contribution >= 4 is 5.91 Å². The number of nitrogens with one attached hydrogen (secondary N) is 1. The van der Waals surface area contributed by atoms with Crippen LogP contribution in [0.2, 0.25) is 0 Å². The number of benzene rings is 1. The molecule has 0 radical (unpaired) electrons. The molecule has 0 aliphatic carbocycles. The maximum Gasteiger partial charge on any atom is 0.254 e. The average Bonchev–Trinajstić information content (AvgIpc) is 2.95. The van der Waals surface area contributed by atoms with Crippen LogP contribution >= 0.6 is 0 Å². The molecule has 6 nitrogen and oxygen atoms in total. The Labute approximate surface area is 140 Å². The van der Waals surface area contributed by atoms with Gasteiger partial charge in [-0.2, -0.15) is 5.10 Å². The first-order chi connectivity index (χ1) is 11.6. The van der Waals surface area contributed by atoms with Gasteiger partial charge in [0.1, 0.15) is 0 Å². The Hall–Kier alpha value is -3.02. The second-order valence-corrected chi connectivity index (χ2v) is 5.67. The number of hydrogen-bond donors (Lipinski definition) is 1. The lowest BCUT2D eigenvalue weighted by atomic mass is 10.1. The molecule has 0 spiro atoms. The van der Waals surface area contributed by atoms with Gasteiger partial charge in [0.15, 0.2) is 5.82 Å². The van der Waals surface area contributed by atoms with Crippen molar-refractivity contribution in [2.24, 2.45) is 7.05 Å². The van der Waals surface area contributed by atoms with E-state index in [1.807, 2.05) is 51.2 Å². The Morgan fingerprint density at radius 2 is 1.79 bits per heavy atom. The predicted molar refractivity (Wildman–Crippen MR) is 91.3 cm³/mol. The maximum absolute atomic E-state index is 12.4. The molecule has 0 aliphatic heterocycles. The number of aromatic nitrogens is 4. The van der Waals surface area contributed by atoms with Crippen LogP contribution in [-0.4, -0.2) is 25.7 Å². The van der Waals surface area contributed by atoms with Gasteiger partial charge >= 0.3 is 0 Å². The van der Waals surface area contributed by atoms with Crippen LogP contribution in [0.25, 0.3) is 11.4 Å². The van der Waals surface area contributed by atoms with Crippen LogP contribution in [0.3, 0.4) is 0 Å². The first-order valence-corrected chi connectivity index (χ1v) is 7.73. The van der Waals surface area contributed by atoms with Crippen molar-refractivity contribution in [2.45, 2.75) is 19.9 Å². The van der Waals surface area contributed by atoms with E-state index in [1.54, 1.807) is 23.3 Å². The molecule has 2 heterocycles. The third-order valence-corrected chi connectivity index (χ3v) is 4.03. The van der Waals surface area contributed by atoms with Crippen LogP contribution in [0.15, 0.2) is 48.9 Å². The molecule has 1 atom stereocenters. The van der Waals surface area contributed by atoms with E-state index in [1.165, 1.54) is 0 Å². The van der Waals surface area contributed by atoms with Gasteiger partial charge in [-0.25, -0.2) is 9.97 Å². The Kier molecular flexibility index (Phi) is 4.37. The molecule has 3 aromatic rings. The van der Waals surface area contributed by atoms with Crippen molar-refractivity contribution in [1.82, 2.24) is 25.1 Å². The summed E-state index contributed by atoms with van der Waals surface area (Å²) in [6, 6.07) is 9.52. The minimum Gasteiger partial charge on any atom is -0.345 e.